The van der Waals surface area contributed by atoms with Crippen molar-refractivity contribution in [1.29, 1.82) is 0 Å². The van der Waals surface area contributed by atoms with Crippen LogP contribution in [0.4, 0.5) is 0 Å². The summed E-state index contributed by atoms with van der Waals surface area (Å²) in [6.45, 7) is 4.67. The van der Waals surface area contributed by atoms with Gasteiger partial charge in [-0.15, -0.1) is 0 Å². The number of aromatic amines is 1. The number of nitrogens with one attached hydrogen (secondary N) is 1. The average molecular weight is 406 g/mol. The van der Waals surface area contributed by atoms with Crippen LogP contribution in [0.2, 0.25) is 0 Å². The summed E-state index contributed by atoms with van der Waals surface area (Å²) in [7, 11) is 0. The Hall–Kier alpha value is -3.26. The topological polar surface area (TPSA) is 87.2 Å². The number of aryl methyl sites for hydroxylation is 1. The van der Waals surface area contributed by atoms with Gasteiger partial charge in [0.15, 0.2) is 12.4 Å². The molecular weight excluding hydrogens is 380 g/mol. The normalized spacial score (nSPS) is 17.5. The predicted molar refractivity (Wildman–Crippen MR) is 112 cm³/mol. The van der Waals surface area contributed by atoms with E-state index in [4.69, 9.17) is 4.74 Å². The first kappa shape index (κ1) is 20.0. The van der Waals surface area contributed by atoms with Crippen LogP contribution in [0.15, 0.2) is 54.9 Å². The lowest BCUT2D eigenvalue weighted by atomic mass is 10.1. The highest BCUT2D eigenvalue weighted by molar-refractivity contribution is 5.77. The quantitative estimate of drug-likeness (QED) is 0.676. The van der Waals surface area contributed by atoms with Crippen LogP contribution in [0.3, 0.4) is 0 Å². The molecule has 0 radical (unpaired) electrons. The van der Waals surface area contributed by atoms with Gasteiger partial charge in [-0.05, 0) is 37.1 Å². The number of aromatic nitrogens is 4. The average Bonchev–Trinajstić information content (AvgIpc) is 3.10. The smallest absolute Gasteiger partial charge is 0.260 e. The summed E-state index contributed by atoms with van der Waals surface area (Å²) in [5.74, 6) is 2.26. The number of pyridine rings is 1. The third-order valence-corrected chi connectivity index (χ3v) is 5.25. The van der Waals surface area contributed by atoms with Crippen LogP contribution >= 0.6 is 0 Å². The summed E-state index contributed by atoms with van der Waals surface area (Å²) in [5, 5.41) is 7.34. The Morgan fingerprint density at radius 1 is 1.17 bits per heavy atom. The van der Waals surface area contributed by atoms with Crippen molar-refractivity contribution in [2.45, 2.75) is 25.9 Å². The fourth-order valence-electron chi connectivity index (χ4n) is 3.70. The van der Waals surface area contributed by atoms with E-state index in [1.807, 2.05) is 54.4 Å². The Bertz CT molecular complexity index is 947. The molecule has 0 saturated carbocycles. The Morgan fingerprint density at radius 3 is 2.77 bits per heavy atom. The molecule has 3 aromatic rings. The highest BCUT2D eigenvalue weighted by Crippen LogP contribution is 2.26. The Labute approximate surface area is 175 Å². The van der Waals surface area contributed by atoms with Crippen molar-refractivity contribution in [3.05, 3.63) is 72.1 Å². The molecule has 30 heavy (non-hydrogen) atoms. The maximum atomic E-state index is 12.8. The summed E-state index contributed by atoms with van der Waals surface area (Å²) in [5.41, 5.74) is 1.13. The number of para-hydroxylation sites is 1. The number of hydrogen-bond acceptors (Lipinski definition) is 6. The number of benzene rings is 1. The number of carbonyl (C=O) groups is 1. The van der Waals surface area contributed by atoms with Crippen molar-refractivity contribution in [2.24, 2.45) is 0 Å². The third-order valence-electron chi connectivity index (χ3n) is 5.25. The summed E-state index contributed by atoms with van der Waals surface area (Å²) < 4.78 is 5.66. The molecule has 3 heterocycles. The highest BCUT2D eigenvalue weighted by atomic mass is 16.5. The van der Waals surface area contributed by atoms with Gasteiger partial charge in [-0.25, -0.2) is 4.98 Å². The fraction of sp³-hybridized carbons (Fsp3) is 0.364. The second kappa shape index (κ2) is 9.49. The molecule has 1 aromatic carbocycles. The van der Waals surface area contributed by atoms with E-state index in [2.05, 4.69) is 31.1 Å². The van der Waals surface area contributed by atoms with Crippen LogP contribution < -0.4 is 4.74 Å². The molecule has 1 atom stereocenters. The lowest BCUT2D eigenvalue weighted by Crippen LogP contribution is -2.38. The molecule has 8 heteroatoms. The van der Waals surface area contributed by atoms with Gasteiger partial charge in [0.1, 0.15) is 11.6 Å². The van der Waals surface area contributed by atoms with E-state index in [1.54, 1.807) is 6.20 Å². The van der Waals surface area contributed by atoms with Crippen LogP contribution in [0.1, 0.15) is 29.7 Å². The van der Waals surface area contributed by atoms with E-state index in [-0.39, 0.29) is 18.6 Å². The number of hydrogen-bond donors (Lipinski definition) is 1. The van der Waals surface area contributed by atoms with Gasteiger partial charge in [0, 0.05) is 38.6 Å². The number of H-pyrrole nitrogens is 1. The van der Waals surface area contributed by atoms with E-state index in [9.17, 15) is 4.79 Å². The molecule has 1 N–H and O–H groups in total. The van der Waals surface area contributed by atoms with E-state index < -0.39 is 0 Å². The Balaban J connectivity index is 1.44. The van der Waals surface area contributed by atoms with Crippen LogP contribution in [0.5, 0.6) is 5.75 Å². The third kappa shape index (κ3) is 5.01. The molecule has 1 unspecified atom stereocenters. The summed E-state index contributed by atoms with van der Waals surface area (Å²) >= 11 is 0. The van der Waals surface area contributed by atoms with E-state index in [0.717, 1.165) is 36.7 Å². The van der Waals surface area contributed by atoms with Gasteiger partial charge in [0.05, 0.1) is 6.04 Å². The maximum absolute atomic E-state index is 12.8. The minimum Gasteiger partial charge on any atom is -0.484 e. The number of ether oxygens (including phenoxy) is 1. The monoisotopic (exact) mass is 406 g/mol. The minimum absolute atomic E-state index is 0.00741. The lowest BCUT2D eigenvalue weighted by Gasteiger charge is -2.27. The standard InChI is InChI=1S/C22H26N6O2/c1-17-24-22(26-25-17)20-9-11-27(21(29)16-30-19-7-3-2-4-8-19)12-13-28(20)15-18-6-5-10-23-14-18/h2-8,10,14,20H,9,11-13,15-16H2,1H3,(H,24,25,26). The largest absolute Gasteiger partial charge is 0.484 e. The second-order valence-corrected chi connectivity index (χ2v) is 7.40. The minimum atomic E-state index is -0.00741. The summed E-state index contributed by atoms with van der Waals surface area (Å²) in [6, 6.07) is 13.5. The summed E-state index contributed by atoms with van der Waals surface area (Å²) in [6.07, 6.45) is 4.41. The van der Waals surface area contributed by atoms with Gasteiger partial charge in [-0.1, -0.05) is 24.3 Å². The summed E-state index contributed by atoms with van der Waals surface area (Å²) in [4.78, 5) is 25.8. The highest BCUT2D eigenvalue weighted by Gasteiger charge is 2.30. The molecule has 0 bridgehead atoms. The van der Waals surface area contributed by atoms with Crippen LogP contribution in [-0.2, 0) is 11.3 Å². The van der Waals surface area contributed by atoms with Gasteiger partial charge < -0.3 is 9.64 Å². The molecule has 156 valence electrons. The zero-order chi connectivity index (χ0) is 20.8. The Morgan fingerprint density at radius 2 is 2.03 bits per heavy atom. The van der Waals surface area contributed by atoms with Gasteiger partial charge in [-0.3, -0.25) is 19.8 Å². The zero-order valence-corrected chi connectivity index (χ0v) is 17.1. The lowest BCUT2D eigenvalue weighted by molar-refractivity contribution is -0.133. The van der Waals surface area contributed by atoms with Gasteiger partial charge in [-0.2, -0.15) is 5.10 Å². The molecule has 1 aliphatic rings. The number of amides is 1. The van der Waals surface area contributed by atoms with Crippen LogP contribution in [0, 0.1) is 6.92 Å². The van der Waals surface area contributed by atoms with Crippen LogP contribution in [-0.4, -0.2) is 62.1 Å². The molecule has 4 rings (SSSR count). The zero-order valence-electron chi connectivity index (χ0n) is 17.1. The predicted octanol–water partition coefficient (Wildman–Crippen LogP) is 2.36. The molecule has 1 saturated heterocycles. The van der Waals surface area contributed by atoms with E-state index in [0.29, 0.717) is 18.8 Å². The van der Waals surface area contributed by atoms with E-state index in [1.165, 1.54) is 0 Å². The Kier molecular flexibility index (Phi) is 6.34. The van der Waals surface area contributed by atoms with Gasteiger partial charge in [0.25, 0.3) is 5.91 Å². The molecule has 1 fully saturated rings. The second-order valence-electron chi connectivity index (χ2n) is 7.40. The first-order chi connectivity index (χ1) is 14.7. The molecular formula is C22H26N6O2. The van der Waals surface area contributed by atoms with Gasteiger partial charge >= 0.3 is 0 Å². The first-order valence-corrected chi connectivity index (χ1v) is 10.2. The van der Waals surface area contributed by atoms with Crippen molar-refractivity contribution >= 4 is 5.91 Å². The number of rotatable bonds is 6. The molecule has 8 nitrogen and oxygen atoms in total. The molecule has 0 aliphatic carbocycles. The number of carbonyl (C=O) groups excluding carboxylic acids is 1. The van der Waals surface area contributed by atoms with Crippen LogP contribution in [0.25, 0.3) is 0 Å². The van der Waals surface area contributed by atoms with E-state index >= 15 is 0 Å². The van der Waals surface area contributed by atoms with Crippen molar-refractivity contribution in [1.82, 2.24) is 30.0 Å². The maximum Gasteiger partial charge on any atom is 0.260 e. The molecule has 1 amide bonds. The molecule has 1 aliphatic heterocycles. The van der Waals surface area contributed by atoms with Crippen molar-refractivity contribution in [2.75, 3.05) is 26.2 Å². The SMILES string of the molecule is Cc1nc(C2CCN(C(=O)COc3ccccc3)CCN2Cc2cccnc2)n[nH]1. The number of nitrogens with zero attached hydrogens (tertiary/aromatic N) is 5. The first-order valence-electron chi connectivity index (χ1n) is 10.2. The molecule has 0 spiro atoms. The van der Waals surface area contributed by atoms with Gasteiger partial charge in [0.2, 0.25) is 0 Å². The van der Waals surface area contributed by atoms with Crippen molar-refractivity contribution in [3.63, 3.8) is 0 Å². The molecule has 2 aromatic heterocycles. The fourth-order valence-corrected chi connectivity index (χ4v) is 3.70. The van der Waals surface area contributed by atoms with Crippen molar-refractivity contribution in [3.8, 4) is 5.75 Å². The van der Waals surface area contributed by atoms with Crippen molar-refractivity contribution < 1.29 is 9.53 Å².